The predicted molar refractivity (Wildman–Crippen MR) is 108 cm³/mol. The van der Waals surface area contributed by atoms with Gasteiger partial charge in [-0.3, -0.25) is 0 Å². The van der Waals surface area contributed by atoms with E-state index in [1.165, 1.54) is 57.8 Å². The van der Waals surface area contributed by atoms with Crippen molar-refractivity contribution in [2.45, 2.75) is 109 Å². The first-order valence-electron chi connectivity index (χ1n) is 10.6. The number of unbranched alkanes of at least 4 members (excludes halogenated alkanes) is 16. The van der Waals surface area contributed by atoms with E-state index in [2.05, 4.69) is 0 Å². The maximum Gasteiger partial charge on any atom is 1.00 e. The summed E-state index contributed by atoms with van der Waals surface area (Å²) in [6.07, 6.45) is 18.1. The van der Waals surface area contributed by atoms with Crippen molar-refractivity contribution in [2.24, 2.45) is 0 Å². The third kappa shape index (κ3) is 34.6. The number of hydrogen-bond donors (Lipinski definition) is 0. The zero-order valence-electron chi connectivity index (χ0n) is 18.7. The average molecular weight is 473 g/mol. The maximum atomic E-state index is 10.4. The fourth-order valence-corrected chi connectivity index (χ4v) is 4.32. The second-order valence-electron chi connectivity index (χ2n) is 7.53. The summed E-state index contributed by atoms with van der Waals surface area (Å²) in [7, 11) is -8.06. The van der Waals surface area contributed by atoms with Crippen molar-refractivity contribution in [2.75, 3.05) is 11.5 Å². The summed E-state index contributed by atoms with van der Waals surface area (Å²) >= 11 is 0. The fourth-order valence-electron chi connectivity index (χ4n) is 3.21. The summed E-state index contributed by atoms with van der Waals surface area (Å²) in [5, 5.41) is 0. The van der Waals surface area contributed by atoms with Crippen LogP contribution >= 0.6 is 0 Å². The van der Waals surface area contributed by atoms with Gasteiger partial charge in [0.2, 0.25) is 0 Å². The Kier molecular flexibility index (Phi) is 28.1. The Morgan fingerprint density at radius 3 is 0.621 bits per heavy atom. The first kappa shape index (κ1) is 35.4. The summed E-state index contributed by atoms with van der Waals surface area (Å²) in [4.78, 5) is 0. The Labute approximate surface area is 223 Å². The second-order valence-corrected chi connectivity index (χ2v) is 10.6. The largest absolute Gasteiger partial charge is 1.00 e. The van der Waals surface area contributed by atoms with E-state index < -0.39 is 20.2 Å². The van der Waals surface area contributed by atoms with Gasteiger partial charge >= 0.3 is 59.1 Å². The second kappa shape index (κ2) is 23.0. The van der Waals surface area contributed by atoms with Gasteiger partial charge in [-0.15, -0.1) is 0 Å². The molecule has 10 heteroatoms. The first-order valence-corrected chi connectivity index (χ1v) is 13.7. The van der Waals surface area contributed by atoms with Crippen molar-refractivity contribution in [3.8, 4) is 0 Å². The van der Waals surface area contributed by atoms with Crippen LogP contribution in [0.25, 0.3) is 0 Å². The molecule has 0 saturated carbocycles. The molecule has 0 atom stereocenters. The molecule has 29 heavy (non-hydrogen) atoms. The third-order valence-electron chi connectivity index (χ3n) is 4.79. The smallest absolute Gasteiger partial charge is 0.748 e. The molecule has 0 radical (unpaired) electrons. The molecule has 0 fully saturated rings. The van der Waals surface area contributed by atoms with Gasteiger partial charge in [-0.05, 0) is 12.8 Å². The molecule has 6 nitrogen and oxygen atoms in total. The predicted octanol–water partition coefficient (Wildman–Crippen LogP) is -1.28. The fraction of sp³-hybridized carbons (Fsp3) is 1.00. The normalized spacial score (nSPS) is 11.7. The van der Waals surface area contributed by atoms with Crippen LogP contribution in [0.3, 0.4) is 0 Å². The number of rotatable bonds is 20. The SMILES string of the molecule is O=S(=O)([O-])CCCCCCCCCCCCCCCCCCCS(=O)(=O)[O-].[Na+].[Na+]. The zero-order chi connectivity index (χ0) is 20.4. The molecule has 0 amide bonds. The minimum Gasteiger partial charge on any atom is -0.748 e. The van der Waals surface area contributed by atoms with Crippen LogP contribution in [0.1, 0.15) is 109 Å². The summed E-state index contributed by atoms with van der Waals surface area (Å²) in [6, 6.07) is 0. The molecular weight excluding hydrogens is 434 g/mol. The zero-order valence-corrected chi connectivity index (χ0v) is 24.3. The van der Waals surface area contributed by atoms with Crippen molar-refractivity contribution in [1.29, 1.82) is 0 Å². The van der Waals surface area contributed by atoms with Gasteiger partial charge in [0.25, 0.3) is 0 Å². The number of hydrogen-bond acceptors (Lipinski definition) is 6. The Morgan fingerprint density at radius 1 is 0.345 bits per heavy atom. The van der Waals surface area contributed by atoms with Crippen LogP contribution < -0.4 is 59.1 Å². The molecule has 164 valence electrons. The van der Waals surface area contributed by atoms with Crippen molar-refractivity contribution >= 4 is 20.2 Å². The topological polar surface area (TPSA) is 114 Å². The van der Waals surface area contributed by atoms with E-state index in [0.717, 1.165) is 38.5 Å². The van der Waals surface area contributed by atoms with Crippen molar-refractivity contribution in [3.63, 3.8) is 0 Å². The van der Waals surface area contributed by atoms with E-state index in [1.807, 2.05) is 0 Å². The van der Waals surface area contributed by atoms with E-state index in [9.17, 15) is 25.9 Å². The van der Waals surface area contributed by atoms with Crippen LogP contribution in [0.4, 0.5) is 0 Å². The van der Waals surface area contributed by atoms with Gasteiger partial charge in [-0.25, -0.2) is 16.8 Å². The van der Waals surface area contributed by atoms with Crippen LogP contribution in [0, 0.1) is 0 Å². The molecule has 0 aromatic carbocycles. The van der Waals surface area contributed by atoms with E-state index in [4.69, 9.17) is 0 Å². The molecular formula is C19H38Na2O6S2. The van der Waals surface area contributed by atoms with Crippen LogP contribution in [-0.4, -0.2) is 37.4 Å². The molecule has 0 aliphatic rings. The summed E-state index contributed by atoms with van der Waals surface area (Å²) in [6.45, 7) is 0. The molecule has 0 aromatic heterocycles. The maximum absolute atomic E-state index is 10.4. The molecule has 0 spiro atoms. The van der Waals surface area contributed by atoms with Gasteiger partial charge < -0.3 is 9.11 Å². The first-order chi connectivity index (χ1) is 12.7. The molecule has 0 bridgehead atoms. The van der Waals surface area contributed by atoms with E-state index in [1.54, 1.807) is 0 Å². The van der Waals surface area contributed by atoms with E-state index in [-0.39, 0.29) is 70.6 Å². The van der Waals surface area contributed by atoms with Crippen molar-refractivity contribution < 1.29 is 85.1 Å². The van der Waals surface area contributed by atoms with Crippen molar-refractivity contribution in [3.05, 3.63) is 0 Å². The molecule has 0 aliphatic heterocycles. The van der Waals surface area contributed by atoms with Gasteiger partial charge in [0.1, 0.15) is 0 Å². The van der Waals surface area contributed by atoms with Crippen molar-refractivity contribution in [1.82, 2.24) is 0 Å². The molecule has 0 aromatic rings. The average Bonchev–Trinajstić information content (AvgIpc) is 2.55. The molecule has 0 saturated heterocycles. The van der Waals surface area contributed by atoms with Gasteiger partial charge in [0, 0.05) is 11.5 Å². The monoisotopic (exact) mass is 472 g/mol. The van der Waals surface area contributed by atoms with Gasteiger partial charge in [-0.2, -0.15) is 0 Å². The summed E-state index contributed by atoms with van der Waals surface area (Å²) in [5.74, 6) is -0.447. The van der Waals surface area contributed by atoms with Gasteiger partial charge in [0.05, 0.1) is 20.2 Å². The van der Waals surface area contributed by atoms with Crippen LogP contribution in [0.2, 0.25) is 0 Å². The molecule has 0 rings (SSSR count). The Bertz CT molecular complexity index is 491. The van der Waals surface area contributed by atoms with Gasteiger partial charge in [0.15, 0.2) is 0 Å². The van der Waals surface area contributed by atoms with Crippen LogP contribution in [0.5, 0.6) is 0 Å². The van der Waals surface area contributed by atoms with Crippen LogP contribution in [-0.2, 0) is 20.2 Å². The Morgan fingerprint density at radius 2 is 0.483 bits per heavy atom. The summed E-state index contributed by atoms with van der Waals surface area (Å²) in [5.41, 5.74) is 0. The van der Waals surface area contributed by atoms with Gasteiger partial charge in [-0.1, -0.05) is 96.3 Å². The Hall–Kier alpha value is 1.82. The molecule has 0 unspecified atom stereocenters. The minimum atomic E-state index is -4.03. The summed E-state index contributed by atoms with van der Waals surface area (Å²) < 4.78 is 62.7. The molecule has 0 N–H and O–H groups in total. The van der Waals surface area contributed by atoms with E-state index >= 15 is 0 Å². The standard InChI is InChI=1S/C19H40O6S2.2Na/c20-26(21,22)18-16-14-12-10-8-6-4-2-1-3-5-7-9-11-13-15-17-19-27(23,24)25;;/h1-19H2,(H,20,21,22)(H,23,24,25);;/q;2*+1/p-2. The third-order valence-corrected chi connectivity index (χ3v) is 6.37. The molecule has 0 aliphatic carbocycles. The minimum absolute atomic E-state index is 0. The molecule has 0 heterocycles. The Balaban J connectivity index is -0.00000338. The van der Waals surface area contributed by atoms with E-state index in [0.29, 0.717) is 12.8 Å². The van der Waals surface area contributed by atoms with Crippen LogP contribution in [0.15, 0.2) is 0 Å². The quantitative estimate of drug-likeness (QED) is 0.124.